The highest BCUT2D eigenvalue weighted by molar-refractivity contribution is 9.10. The van der Waals surface area contributed by atoms with Crippen molar-refractivity contribution in [3.63, 3.8) is 0 Å². The van der Waals surface area contributed by atoms with Crippen molar-refractivity contribution >= 4 is 21.8 Å². The number of benzene rings is 2. The first kappa shape index (κ1) is 15.5. The van der Waals surface area contributed by atoms with Crippen molar-refractivity contribution in [2.75, 3.05) is 20.2 Å². The van der Waals surface area contributed by atoms with Gasteiger partial charge in [0.2, 0.25) is 0 Å². The Kier molecular flexibility index (Phi) is 5.33. The number of hydrogen-bond donors (Lipinski definition) is 0. The van der Waals surface area contributed by atoms with Gasteiger partial charge in [-0.2, -0.15) is 0 Å². The van der Waals surface area contributed by atoms with Gasteiger partial charge >= 0.3 is 0 Å². The lowest BCUT2D eigenvalue weighted by molar-refractivity contribution is 0.0773. The van der Waals surface area contributed by atoms with E-state index in [2.05, 4.69) is 15.9 Å². The molecule has 0 saturated heterocycles. The standard InChI is InChI=1S/C16H15BrFNO2/c1-19(16(20)12-5-7-13(17)8-6-12)9-10-21-15-4-2-3-14(18)11-15/h2-8,11H,9-10H2,1H3. The van der Waals surface area contributed by atoms with Crippen LogP contribution < -0.4 is 4.74 Å². The summed E-state index contributed by atoms with van der Waals surface area (Å²) in [6.07, 6.45) is 0. The fourth-order valence-electron chi connectivity index (χ4n) is 1.77. The van der Waals surface area contributed by atoms with Crippen LogP contribution in [0.2, 0.25) is 0 Å². The molecule has 2 aromatic carbocycles. The first-order chi connectivity index (χ1) is 10.1. The smallest absolute Gasteiger partial charge is 0.253 e. The van der Waals surface area contributed by atoms with E-state index < -0.39 is 0 Å². The fourth-order valence-corrected chi connectivity index (χ4v) is 2.04. The van der Waals surface area contributed by atoms with Gasteiger partial charge in [-0.3, -0.25) is 4.79 Å². The molecule has 2 aromatic rings. The van der Waals surface area contributed by atoms with Crippen molar-refractivity contribution in [1.82, 2.24) is 4.90 Å². The van der Waals surface area contributed by atoms with Gasteiger partial charge in [-0.1, -0.05) is 22.0 Å². The zero-order valence-electron chi connectivity index (χ0n) is 11.6. The molecule has 0 unspecified atom stereocenters. The van der Waals surface area contributed by atoms with Gasteiger partial charge in [-0.05, 0) is 36.4 Å². The van der Waals surface area contributed by atoms with Crippen LogP contribution in [-0.2, 0) is 0 Å². The average molecular weight is 352 g/mol. The molecule has 0 aliphatic heterocycles. The third-order valence-electron chi connectivity index (χ3n) is 2.93. The minimum atomic E-state index is -0.341. The molecule has 0 aliphatic rings. The number of halogens is 2. The second-order valence-corrected chi connectivity index (χ2v) is 5.46. The third-order valence-corrected chi connectivity index (χ3v) is 3.46. The van der Waals surface area contributed by atoms with Gasteiger partial charge in [0.05, 0.1) is 6.54 Å². The van der Waals surface area contributed by atoms with Crippen LogP contribution in [0.1, 0.15) is 10.4 Å². The van der Waals surface area contributed by atoms with E-state index in [1.165, 1.54) is 12.1 Å². The van der Waals surface area contributed by atoms with Gasteiger partial charge < -0.3 is 9.64 Å². The Bertz CT molecular complexity index is 616. The molecule has 0 atom stereocenters. The van der Waals surface area contributed by atoms with E-state index in [0.717, 1.165) is 4.47 Å². The summed E-state index contributed by atoms with van der Waals surface area (Å²) in [5.41, 5.74) is 0.617. The predicted octanol–water partition coefficient (Wildman–Crippen LogP) is 3.74. The van der Waals surface area contributed by atoms with Gasteiger partial charge in [0.15, 0.2) is 0 Å². The summed E-state index contributed by atoms with van der Waals surface area (Å²) in [6.45, 7) is 0.730. The van der Waals surface area contributed by atoms with Crippen molar-refractivity contribution in [3.05, 3.63) is 64.4 Å². The maximum atomic E-state index is 13.0. The maximum Gasteiger partial charge on any atom is 0.253 e. The molecule has 1 amide bonds. The Morgan fingerprint density at radius 2 is 1.95 bits per heavy atom. The second-order valence-electron chi connectivity index (χ2n) is 4.54. The zero-order chi connectivity index (χ0) is 15.2. The van der Waals surface area contributed by atoms with E-state index in [0.29, 0.717) is 24.5 Å². The van der Waals surface area contributed by atoms with Crippen LogP contribution >= 0.6 is 15.9 Å². The lowest BCUT2D eigenvalue weighted by Gasteiger charge is -2.17. The van der Waals surface area contributed by atoms with Crippen LogP contribution in [0.25, 0.3) is 0 Å². The molecule has 0 heterocycles. The van der Waals surface area contributed by atoms with Crippen LogP contribution in [0.3, 0.4) is 0 Å². The predicted molar refractivity (Wildman–Crippen MR) is 83.0 cm³/mol. The summed E-state index contributed by atoms with van der Waals surface area (Å²) < 4.78 is 19.3. The van der Waals surface area contributed by atoms with E-state index in [9.17, 15) is 9.18 Å². The zero-order valence-corrected chi connectivity index (χ0v) is 13.1. The lowest BCUT2D eigenvalue weighted by atomic mass is 10.2. The van der Waals surface area contributed by atoms with Crippen molar-refractivity contribution in [1.29, 1.82) is 0 Å². The number of carbonyl (C=O) groups is 1. The number of rotatable bonds is 5. The Morgan fingerprint density at radius 1 is 1.24 bits per heavy atom. The van der Waals surface area contributed by atoms with Crippen LogP contribution in [0.5, 0.6) is 5.75 Å². The van der Waals surface area contributed by atoms with Gasteiger partial charge in [0, 0.05) is 23.2 Å². The van der Waals surface area contributed by atoms with Gasteiger partial charge in [-0.15, -0.1) is 0 Å². The molecule has 0 saturated carbocycles. The van der Waals surface area contributed by atoms with Crippen molar-refractivity contribution in [2.45, 2.75) is 0 Å². The number of likely N-dealkylation sites (N-methyl/N-ethyl adjacent to an activating group) is 1. The van der Waals surface area contributed by atoms with E-state index in [1.54, 1.807) is 36.2 Å². The third kappa shape index (κ3) is 4.56. The molecule has 110 valence electrons. The van der Waals surface area contributed by atoms with E-state index in [4.69, 9.17) is 4.74 Å². The quantitative estimate of drug-likeness (QED) is 0.821. The molecule has 0 radical (unpaired) electrons. The summed E-state index contributed by atoms with van der Waals surface area (Å²) in [7, 11) is 1.71. The minimum Gasteiger partial charge on any atom is -0.492 e. The Morgan fingerprint density at radius 3 is 2.62 bits per heavy atom. The summed E-state index contributed by atoms with van der Waals surface area (Å²) >= 11 is 3.33. The first-order valence-electron chi connectivity index (χ1n) is 6.45. The normalized spacial score (nSPS) is 10.2. The largest absolute Gasteiger partial charge is 0.492 e. The molecule has 21 heavy (non-hydrogen) atoms. The maximum absolute atomic E-state index is 13.0. The first-order valence-corrected chi connectivity index (χ1v) is 7.25. The number of amides is 1. The van der Waals surface area contributed by atoms with Crippen LogP contribution in [-0.4, -0.2) is 31.0 Å². The molecule has 0 bridgehead atoms. The van der Waals surface area contributed by atoms with Gasteiger partial charge in [-0.25, -0.2) is 4.39 Å². The molecule has 0 spiro atoms. The summed E-state index contributed by atoms with van der Waals surface area (Å²) in [5.74, 6) is 0.0385. The highest BCUT2D eigenvalue weighted by Crippen LogP contribution is 2.13. The van der Waals surface area contributed by atoms with E-state index in [1.807, 2.05) is 12.1 Å². The molecule has 2 rings (SSSR count). The van der Waals surface area contributed by atoms with Crippen LogP contribution in [0.15, 0.2) is 53.0 Å². The molecule has 0 aromatic heterocycles. The molecule has 0 aliphatic carbocycles. The molecule has 0 N–H and O–H groups in total. The summed E-state index contributed by atoms with van der Waals surface area (Å²) in [4.78, 5) is 13.7. The van der Waals surface area contributed by atoms with Crippen molar-refractivity contribution in [3.8, 4) is 5.75 Å². The average Bonchev–Trinajstić information content (AvgIpc) is 2.47. The molecule has 3 nitrogen and oxygen atoms in total. The Hall–Kier alpha value is -1.88. The SMILES string of the molecule is CN(CCOc1cccc(F)c1)C(=O)c1ccc(Br)cc1. The van der Waals surface area contributed by atoms with Gasteiger partial charge in [0.1, 0.15) is 18.2 Å². The van der Waals surface area contributed by atoms with Crippen LogP contribution in [0.4, 0.5) is 4.39 Å². The monoisotopic (exact) mass is 351 g/mol. The van der Waals surface area contributed by atoms with Gasteiger partial charge in [0.25, 0.3) is 5.91 Å². The second kappa shape index (κ2) is 7.22. The van der Waals surface area contributed by atoms with Crippen molar-refractivity contribution in [2.24, 2.45) is 0 Å². The van der Waals surface area contributed by atoms with Crippen molar-refractivity contribution < 1.29 is 13.9 Å². The summed E-state index contributed by atoms with van der Waals surface area (Å²) in [5, 5.41) is 0. The summed E-state index contributed by atoms with van der Waals surface area (Å²) in [6, 6.07) is 13.1. The molecular weight excluding hydrogens is 337 g/mol. The van der Waals surface area contributed by atoms with E-state index in [-0.39, 0.29) is 11.7 Å². The number of hydrogen-bond acceptors (Lipinski definition) is 2. The number of nitrogens with zero attached hydrogens (tertiary/aromatic N) is 1. The van der Waals surface area contributed by atoms with Crippen LogP contribution in [0, 0.1) is 5.82 Å². The number of ether oxygens (including phenoxy) is 1. The highest BCUT2D eigenvalue weighted by atomic mass is 79.9. The molecule has 0 fully saturated rings. The minimum absolute atomic E-state index is 0.0784. The number of carbonyl (C=O) groups excluding carboxylic acids is 1. The molecular formula is C16H15BrFNO2. The highest BCUT2D eigenvalue weighted by Gasteiger charge is 2.11. The Labute approximate surface area is 131 Å². The lowest BCUT2D eigenvalue weighted by Crippen LogP contribution is -2.30. The Balaban J connectivity index is 1.85. The van der Waals surface area contributed by atoms with E-state index >= 15 is 0 Å². The molecule has 5 heteroatoms. The topological polar surface area (TPSA) is 29.5 Å². The fraction of sp³-hybridized carbons (Fsp3) is 0.188.